The van der Waals surface area contributed by atoms with Crippen LogP contribution in [0.25, 0.3) is 16.6 Å². The van der Waals surface area contributed by atoms with E-state index in [4.69, 9.17) is 12.2 Å². The number of halogens is 1. The number of amides is 2. The maximum Gasteiger partial charge on any atom is 0.266 e. The van der Waals surface area contributed by atoms with Gasteiger partial charge in [-0.15, -0.1) is 0 Å². The summed E-state index contributed by atoms with van der Waals surface area (Å²) < 4.78 is 15.4. The van der Waals surface area contributed by atoms with Crippen LogP contribution in [-0.4, -0.2) is 45.9 Å². The van der Waals surface area contributed by atoms with Crippen LogP contribution in [0.15, 0.2) is 47.3 Å². The largest absolute Gasteiger partial charge is 0.356 e. The number of carbonyl (C=O) groups is 2. The number of hydrogen-bond donors (Lipinski definition) is 2. The molecule has 4 rings (SSSR count). The van der Waals surface area contributed by atoms with Gasteiger partial charge in [-0.3, -0.25) is 14.4 Å². The third kappa shape index (κ3) is 5.35. The Kier molecular flexibility index (Phi) is 7.75. The molecule has 7 nitrogen and oxygen atoms in total. The van der Waals surface area contributed by atoms with Crippen LogP contribution < -0.4 is 10.9 Å². The molecule has 1 fully saturated rings. The molecule has 2 N–H and O–H groups in total. The average molecular weight is 497 g/mol. The van der Waals surface area contributed by atoms with Gasteiger partial charge in [0.1, 0.15) is 5.82 Å². The van der Waals surface area contributed by atoms with Crippen molar-refractivity contribution in [3.05, 3.63) is 69.0 Å². The maximum atomic E-state index is 14.3. The van der Waals surface area contributed by atoms with Gasteiger partial charge in [0.15, 0.2) is 4.77 Å². The lowest BCUT2D eigenvalue weighted by Gasteiger charge is -2.31. The molecule has 0 saturated carbocycles. The Labute approximate surface area is 208 Å². The van der Waals surface area contributed by atoms with E-state index in [0.29, 0.717) is 48.9 Å². The minimum Gasteiger partial charge on any atom is -0.356 e. The average Bonchev–Trinajstić information content (AvgIpc) is 2.87. The quantitative estimate of drug-likeness (QED) is 0.376. The van der Waals surface area contributed by atoms with Crippen molar-refractivity contribution in [3.63, 3.8) is 0 Å². The third-order valence-corrected chi connectivity index (χ3v) is 6.76. The van der Waals surface area contributed by atoms with Gasteiger partial charge in [-0.05, 0) is 61.8 Å². The standard InChI is InChI=1S/C26H29FN4O3S/c1-2-3-6-13-28-23(32)17-11-14-30(15-12-17)24(33)18-9-10-19-21(16-18)29-26(35)31(25(19)34)22-8-5-4-7-20(22)27/h4-5,7-10,16-17H,2-3,6,11-15H2,1H3,(H,28,32)(H,29,35). The van der Waals surface area contributed by atoms with Crippen molar-refractivity contribution in [2.24, 2.45) is 5.92 Å². The van der Waals surface area contributed by atoms with Crippen molar-refractivity contribution in [3.8, 4) is 5.69 Å². The molecule has 1 aliphatic heterocycles. The number of hydrogen-bond acceptors (Lipinski definition) is 4. The van der Waals surface area contributed by atoms with Crippen molar-refractivity contribution in [2.45, 2.75) is 39.0 Å². The van der Waals surface area contributed by atoms with Gasteiger partial charge in [0, 0.05) is 31.1 Å². The van der Waals surface area contributed by atoms with Crippen molar-refractivity contribution in [2.75, 3.05) is 19.6 Å². The number of rotatable bonds is 7. The first-order valence-electron chi connectivity index (χ1n) is 12.0. The number of aromatic amines is 1. The monoisotopic (exact) mass is 496 g/mol. The van der Waals surface area contributed by atoms with Gasteiger partial charge >= 0.3 is 0 Å². The van der Waals surface area contributed by atoms with Crippen molar-refractivity contribution >= 4 is 34.9 Å². The highest BCUT2D eigenvalue weighted by Gasteiger charge is 2.28. The number of nitrogens with zero attached hydrogens (tertiary/aromatic N) is 2. The fourth-order valence-corrected chi connectivity index (χ4v) is 4.75. The zero-order valence-corrected chi connectivity index (χ0v) is 20.5. The Hall–Kier alpha value is -3.33. The van der Waals surface area contributed by atoms with Gasteiger partial charge in [0.25, 0.3) is 11.5 Å². The third-order valence-electron chi connectivity index (χ3n) is 6.47. The Morgan fingerprint density at radius 1 is 1.14 bits per heavy atom. The molecule has 0 spiro atoms. The summed E-state index contributed by atoms with van der Waals surface area (Å²) in [6.07, 6.45) is 4.43. The number of likely N-dealkylation sites (tertiary alicyclic amines) is 1. The molecule has 0 unspecified atom stereocenters. The highest BCUT2D eigenvalue weighted by atomic mass is 32.1. The van der Waals surface area contributed by atoms with E-state index in [1.54, 1.807) is 35.2 Å². The van der Waals surface area contributed by atoms with Crippen LogP contribution in [0, 0.1) is 16.5 Å². The minimum atomic E-state index is -0.557. The van der Waals surface area contributed by atoms with Gasteiger partial charge in [-0.2, -0.15) is 0 Å². The lowest BCUT2D eigenvalue weighted by Crippen LogP contribution is -2.43. The van der Waals surface area contributed by atoms with E-state index in [-0.39, 0.29) is 28.2 Å². The minimum absolute atomic E-state index is 0.0444. The maximum absolute atomic E-state index is 14.3. The van der Waals surface area contributed by atoms with Crippen LogP contribution in [0.1, 0.15) is 49.4 Å². The number of fused-ring (bicyclic) bond motifs is 1. The second-order valence-corrected chi connectivity index (χ2v) is 9.23. The van der Waals surface area contributed by atoms with E-state index >= 15 is 0 Å². The van der Waals surface area contributed by atoms with Crippen molar-refractivity contribution in [1.29, 1.82) is 0 Å². The lowest BCUT2D eigenvalue weighted by atomic mass is 9.95. The molecule has 9 heteroatoms. The number of unbranched alkanes of at least 4 members (excludes halogenated alkanes) is 2. The Balaban J connectivity index is 1.48. The molecule has 0 bridgehead atoms. The van der Waals surface area contributed by atoms with Gasteiger partial charge in [-0.25, -0.2) is 8.96 Å². The van der Waals surface area contributed by atoms with Gasteiger partial charge in [0.05, 0.1) is 16.6 Å². The number of para-hydroxylation sites is 1. The van der Waals surface area contributed by atoms with Crippen LogP contribution in [0.3, 0.4) is 0 Å². The van der Waals surface area contributed by atoms with E-state index in [1.165, 1.54) is 12.1 Å². The summed E-state index contributed by atoms with van der Waals surface area (Å²) in [7, 11) is 0. The molecule has 0 aliphatic carbocycles. The first kappa shape index (κ1) is 24.8. The van der Waals surface area contributed by atoms with Crippen LogP contribution in [0.2, 0.25) is 0 Å². The van der Waals surface area contributed by atoms with Crippen LogP contribution in [0.4, 0.5) is 4.39 Å². The number of H-pyrrole nitrogens is 1. The molecule has 3 aromatic rings. The number of carbonyl (C=O) groups excluding carboxylic acids is 2. The molecular weight excluding hydrogens is 467 g/mol. The van der Waals surface area contributed by atoms with Gasteiger partial charge in [0.2, 0.25) is 5.91 Å². The normalized spacial score (nSPS) is 14.3. The molecule has 184 valence electrons. The Morgan fingerprint density at radius 3 is 2.60 bits per heavy atom. The lowest BCUT2D eigenvalue weighted by molar-refractivity contribution is -0.126. The summed E-state index contributed by atoms with van der Waals surface area (Å²) >= 11 is 5.33. The van der Waals surface area contributed by atoms with E-state index < -0.39 is 11.4 Å². The van der Waals surface area contributed by atoms with Gasteiger partial charge < -0.3 is 15.2 Å². The molecule has 2 amide bonds. The molecular formula is C26H29FN4O3S. The fourth-order valence-electron chi connectivity index (χ4n) is 4.46. The Morgan fingerprint density at radius 2 is 1.89 bits per heavy atom. The summed E-state index contributed by atoms with van der Waals surface area (Å²) in [5.74, 6) is -0.729. The first-order chi connectivity index (χ1) is 16.9. The molecule has 1 saturated heterocycles. The smallest absolute Gasteiger partial charge is 0.266 e. The molecule has 2 aromatic carbocycles. The van der Waals surface area contributed by atoms with Crippen LogP contribution >= 0.6 is 12.2 Å². The predicted molar refractivity (Wildman–Crippen MR) is 136 cm³/mol. The van der Waals surface area contributed by atoms with Crippen LogP contribution in [0.5, 0.6) is 0 Å². The molecule has 2 heterocycles. The molecule has 1 aromatic heterocycles. The summed E-state index contributed by atoms with van der Waals surface area (Å²) in [5.41, 5.74) is 0.449. The number of benzene rings is 2. The zero-order valence-electron chi connectivity index (χ0n) is 19.7. The highest BCUT2D eigenvalue weighted by molar-refractivity contribution is 7.71. The molecule has 0 radical (unpaired) electrons. The van der Waals surface area contributed by atoms with E-state index in [9.17, 15) is 18.8 Å². The number of nitrogens with one attached hydrogen (secondary N) is 2. The summed E-state index contributed by atoms with van der Waals surface area (Å²) in [4.78, 5) is 43.3. The first-order valence-corrected chi connectivity index (χ1v) is 12.4. The predicted octanol–water partition coefficient (Wildman–Crippen LogP) is 4.35. The second kappa shape index (κ2) is 10.9. The topological polar surface area (TPSA) is 87.2 Å². The SMILES string of the molecule is CCCCCNC(=O)C1CCN(C(=O)c2ccc3c(=O)n(-c4ccccc4F)c(=S)[nH]c3c2)CC1. The summed E-state index contributed by atoms with van der Waals surface area (Å²) in [6.45, 7) is 3.81. The number of aromatic nitrogens is 2. The van der Waals surface area contributed by atoms with Crippen molar-refractivity contribution in [1.82, 2.24) is 19.8 Å². The fraction of sp³-hybridized carbons (Fsp3) is 0.385. The second-order valence-electron chi connectivity index (χ2n) is 8.85. The molecule has 0 atom stereocenters. The van der Waals surface area contributed by atoms with Gasteiger partial charge in [-0.1, -0.05) is 31.9 Å². The highest BCUT2D eigenvalue weighted by Crippen LogP contribution is 2.21. The molecule has 35 heavy (non-hydrogen) atoms. The van der Waals surface area contributed by atoms with Crippen LogP contribution in [-0.2, 0) is 4.79 Å². The summed E-state index contributed by atoms with van der Waals surface area (Å²) in [6, 6.07) is 10.7. The number of piperidine rings is 1. The van der Waals surface area contributed by atoms with E-state index in [1.807, 2.05) is 0 Å². The van der Waals surface area contributed by atoms with E-state index in [0.717, 1.165) is 23.8 Å². The Bertz CT molecular complexity index is 1360. The van der Waals surface area contributed by atoms with E-state index in [2.05, 4.69) is 17.2 Å². The zero-order chi connectivity index (χ0) is 24.9. The van der Waals surface area contributed by atoms with Crippen molar-refractivity contribution < 1.29 is 14.0 Å². The summed E-state index contributed by atoms with van der Waals surface area (Å²) in [5, 5.41) is 3.30. The molecule has 1 aliphatic rings.